The number of aromatic amines is 1. The Morgan fingerprint density at radius 2 is 1.91 bits per heavy atom. The number of amides is 2. The first kappa shape index (κ1) is 17.7. The van der Waals surface area contributed by atoms with Gasteiger partial charge in [0.1, 0.15) is 4.90 Å². The van der Waals surface area contributed by atoms with Crippen LogP contribution in [0.2, 0.25) is 0 Å². The van der Waals surface area contributed by atoms with Crippen LogP contribution < -0.4 is 5.32 Å². The van der Waals surface area contributed by atoms with Gasteiger partial charge in [0.05, 0.1) is 11.4 Å². The molecule has 0 aromatic carbocycles. The van der Waals surface area contributed by atoms with Gasteiger partial charge in [-0.1, -0.05) is 0 Å². The molecule has 0 atom stereocenters. The molecule has 130 valence electrons. The standard InChI is InChI=1S/C14H25N5O3S/c1-10(2)15-14(20)18-6-5-7-19(9-8-18)23(21,22)13-11(3)16-17-12(13)4/h10H,5-9H2,1-4H3,(H,15,20)(H,16,17). The first-order chi connectivity index (χ1) is 10.7. The molecule has 1 aromatic rings. The molecule has 23 heavy (non-hydrogen) atoms. The van der Waals surface area contributed by atoms with Crippen LogP contribution in [0.5, 0.6) is 0 Å². The summed E-state index contributed by atoms with van der Waals surface area (Å²) in [6, 6.07) is -0.0864. The molecule has 2 heterocycles. The SMILES string of the molecule is Cc1n[nH]c(C)c1S(=O)(=O)N1CCCN(C(=O)NC(C)C)CC1. The Hall–Kier alpha value is -1.61. The Bertz CT molecular complexity index is 648. The van der Waals surface area contributed by atoms with E-state index in [-0.39, 0.29) is 23.5 Å². The summed E-state index contributed by atoms with van der Waals surface area (Å²) in [5.74, 6) is 0. The minimum atomic E-state index is -3.59. The first-order valence-corrected chi connectivity index (χ1v) is 9.24. The fraction of sp³-hybridized carbons (Fsp3) is 0.714. The van der Waals surface area contributed by atoms with E-state index < -0.39 is 10.0 Å². The van der Waals surface area contributed by atoms with Crippen LogP contribution in [0, 0.1) is 13.8 Å². The average molecular weight is 343 g/mol. The van der Waals surface area contributed by atoms with Gasteiger partial charge in [0, 0.05) is 32.2 Å². The van der Waals surface area contributed by atoms with E-state index in [1.807, 2.05) is 13.8 Å². The highest BCUT2D eigenvalue weighted by molar-refractivity contribution is 7.89. The van der Waals surface area contributed by atoms with Crippen molar-refractivity contribution in [3.8, 4) is 0 Å². The highest BCUT2D eigenvalue weighted by Crippen LogP contribution is 2.22. The molecule has 0 aliphatic carbocycles. The lowest BCUT2D eigenvalue weighted by atomic mass is 10.4. The van der Waals surface area contributed by atoms with E-state index in [0.717, 1.165) is 0 Å². The van der Waals surface area contributed by atoms with Gasteiger partial charge in [-0.3, -0.25) is 5.10 Å². The second-order valence-corrected chi connectivity index (χ2v) is 7.99. The monoisotopic (exact) mass is 343 g/mol. The van der Waals surface area contributed by atoms with E-state index >= 15 is 0 Å². The minimum absolute atomic E-state index is 0.0572. The zero-order chi connectivity index (χ0) is 17.2. The summed E-state index contributed by atoms with van der Waals surface area (Å²) < 4.78 is 27.1. The molecule has 2 N–H and O–H groups in total. The van der Waals surface area contributed by atoms with Gasteiger partial charge >= 0.3 is 6.03 Å². The molecule has 0 spiro atoms. The number of rotatable bonds is 3. The molecule has 1 aliphatic heterocycles. The van der Waals surface area contributed by atoms with Gasteiger partial charge < -0.3 is 10.2 Å². The molecule has 1 aliphatic rings. The number of sulfonamides is 1. The lowest BCUT2D eigenvalue weighted by Gasteiger charge is -2.23. The summed E-state index contributed by atoms with van der Waals surface area (Å²) in [7, 11) is -3.59. The lowest BCUT2D eigenvalue weighted by molar-refractivity contribution is 0.198. The number of urea groups is 1. The first-order valence-electron chi connectivity index (χ1n) is 7.80. The van der Waals surface area contributed by atoms with Crippen molar-refractivity contribution >= 4 is 16.1 Å². The molecular weight excluding hydrogens is 318 g/mol. The van der Waals surface area contributed by atoms with E-state index in [4.69, 9.17) is 0 Å². The van der Waals surface area contributed by atoms with Crippen molar-refractivity contribution in [2.45, 2.75) is 45.1 Å². The number of hydrogen-bond donors (Lipinski definition) is 2. The summed E-state index contributed by atoms with van der Waals surface area (Å²) in [5, 5.41) is 9.53. The van der Waals surface area contributed by atoms with Crippen molar-refractivity contribution < 1.29 is 13.2 Å². The van der Waals surface area contributed by atoms with Crippen LogP contribution in [0.1, 0.15) is 31.7 Å². The highest BCUT2D eigenvalue weighted by Gasteiger charge is 2.31. The normalized spacial score (nSPS) is 17.3. The van der Waals surface area contributed by atoms with E-state index in [2.05, 4.69) is 15.5 Å². The van der Waals surface area contributed by atoms with Crippen molar-refractivity contribution in [1.82, 2.24) is 24.7 Å². The third-order valence-corrected chi connectivity index (χ3v) is 5.98. The van der Waals surface area contributed by atoms with Crippen LogP contribution in [-0.4, -0.2) is 66.1 Å². The van der Waals surface area contributed by atoms with Gasteiger partial charge in [-0.15, -0.1) is 0 Å². The Balaban J connectivity index is 2.13. The molecule has 0 radical (unpaired) electrons. The van der Waals surface area contributed by atoms with Crippen molar-refractivity contribution in [2.75, 3.05) is 26.2 Å². The van der Waals surface area contributed by atoms with E-state index in [1.165, 1.54) is 4.31 Å². The second-order valence-electron chi connectivity index (χ2n) is 6.11. The van der Waals surface area contributed by atoms with Gasteiger partial charge in [-0.25, -0.2) is 13.2 Å². The van der Waals surface area contributed by atoms with Crippen molar-refractivity contribution in [3.63, 3.8) is 0 Å². The summed E-state index contributed by atoms with van der Waals surface area (Å²) in [4.78, 5) is 14.0. The molecule has 2 rings (SSSR count). The predicted octanol–water partition coefficient (Wildman–Crippen LogP) is 0.841. The van der Waals surface area contributed by atoms with Crippen molar-refractivity contribution in [1.29, 1.82) is 0 Å². The van der Waals surface area contributed by atoms with Crippen LogP contribution in [-0.2, 0) is 10.0 Å². The molecule has 0 unspecified atom stereocenters. The summed E-state index contributed by atoms with van der Waals surface area (Å²) in [6.07, 6.45) is 0.612. The number of aromatic nitrogens is 2. The lowest BCUT2D eigenvalue weighted by Crippen LogP contribution is -2.44. The number of aryl methyl sites for hydroxylation is 2. The molecule has 9 heteroatoms. The molecule has 2 amide bonds. The Morgan fingerprint density at radius 3 is 2.48 bits per heavy atom. The van der Waals surface area contributed by atoms with Gasteiger partial charge in [-0.05, 0) is 34.1 Å². The topological polar surface area (TPSA) is 98.4 Å². The maximum absolute atomic E-state index is 12.8. The highest BCUT2D eigenvalue weighted by atomic mass is 32.2. The van der Waals surface area contributed by atoms with Gasteiger partial charge in [0.2, 0.25) is 10.0 Å². The van der Waals surface area contributed by atoms with Crippen molar-refractivity contribution in [2.24, 2.45) is 0 Å². The number of H-pyrrole nitrogens is 1. The van der Waals surface area contributed by atoms with Crippen LogP contribution >= 0.6 is 0 Å². The van der Waals surface area contributed by atoms with Crippen LogP contribution in [0.4, 0.5) is 4.79 Å². The quantitative estimate of drug-likeness (QED) is 0.849. The average Bonchev–Trinajstić information content (AvgIpc) is 2.66. The molecule has 8 nitrogen and oxygen atoms in total. The molecule has 1 aromatic heterocycles. The molecule has 0 saturated carbocycles. The molecule has 1 fully saturated rings. The smallest absolute Gasteiger partial charge is 0.317 e. The third kappa shape index (κ3) is 3.84. The van der Waals surface area contributed by atoms with Gasteiger partial charge in [0.15, 0.2) is 0 Å². The maximum Gasteiger partial charge on any atom is 0.317 e. The number of nitrogens with one attached hydrogen (secondary N) is 2. The Morgan fingerprint density at radius 1 is 1.22 bits per heavy atom. The number of hydrogen-bond acceptors (Lipinski definition) is 4. The maximum atomic E-state index is 12.8. The van der Waals surface area contributed by atoms with Crippen LogP contribution in [0.25, 0.3) is 0 Å². The van der Waals surface area contributed by atoms with E-state index in [9.17, 15) is 13.2 Å². The molecule has 1 saturated heterocycles. The summed E-state index contributed by atoms with van der Waals surface area (Å²) in [5.41, 5.74) is 1.02. The summed E-state index contributed by atoms with van der Waals surface area (Å²) >= 11 is 0. The van der Waals surface area contributed by atoms with E-state index in [1.54, 1.807) is 18.7 Å². The van der Waals surface area contributed by atoms with Crippen LogP contribution in [0.15, 0.2) is 4.90 Å². The van der Waals surface area contributed by atoms with Gasteiger partial charge in [-0.2, -0.15) is 9.40 Å². The van der Waals surface area contributed by atoms with Gasteiger partial charge in [0.25, 0.3) is 0 Å². The number of nitrogens with zero attached hydrogens (tertiary/aromatic N) is 3. The minimum Gasteiger partial charge on any atom is -0.336 e. The zero-order valence-electron chi connectivity index (χ0n) is 14.1. The zero-order valence-corrected chi connectivity index (χ0v) is 14.9. The Labute approximate surface area is 137 Å². The predicted molar refractivity (Wildman–Crippen MR) is 86.7 cm³/mol. The molecule has 0 bridgehead atoms. The summed E-state index contributed by atoms with van der Waals surface area (Å²) in [6.45, 7) is 8.80. The number of carbonyl (C=O) groups excluding carboxylic acids is 1. The third-order valence-electron chi connectivity index (χ3n) is 3.81. The second kappa shape index (κ2) is 6.88. The largest absolute Gasteiger partial charge is 0.336 e. The Kier molecular flexibility index (Phi) is 5.30. The number of carbonyl (C=O) groups is 1. The fourth-order valence-corrected chi connectivity index (χ4v) is 4.53. The fourth-order valence-electron chi connectivity index (χ4n) is 2.73. The molecular formula is C14H25N5O3S. The van der Waals surface area contributed by atoms with Crippen molar-refractivity contribution in [3.05, 3.63) is 11.4 Å². The van der Waals surface area contributed by atoms with Crippen LogP contribution in [0.3, 0.4) is 0 Å². The van der Waals surface area contributed by atoms with E-state index in [0.29, 0.717) is 37.4 Å².